The zero-order valence-corrected chi connectivity index (χ0v) is 15.5. The van der Waals surface area contributed by atoms with Crippen molar-refractivity contribution in [3.63, 3.8) is 0 Å². The summed E-state index contributed by atoms with van der Waals surface area (Å²) in [5, 5.41) is 9.06. The Kier molecular flexibility index (Phi) is 6.64. The van der Waals surface area contributed by atoms with Crippen LogP contribution in [0.2, 0.25) is 0 Å². The Morgan fingerprint density at radius 1 is 1.23 bits per heavy atom. The molecule has 0 saturated heterocycles. The summed E-state index contributed by atoms with van der Waals surface area (Å²) in [6, 6.07) is 11.3. The molecular weight excluding hydrogens is 328 g/mol. The second-order valence-corrected chi connectivity index (χ2v) is 6.60. The van der Waals surface area contributed by atoms with E-state index in [1.165, 1.54) is 6.20 Å². The zero-order chi connectivity index (χ0) is 19.1. The Hall–Kier alpha value is -2.98. The second kappa shape index (κ2) is 8.92. The predicted octanol–water partition coefficient (Wildman–Crippen LogP) is 1.82. The van der Waals surface area contributed by atoms with Crippen molar-refractivity contribution in [2.24, 2.45) is 5.92 Å². The Morgan fingerprint density at radius 3 is 2.50 bits per heavy atom. The number of nitrogens with zero attached hydrogens (tertiary/aromatic N) is 4. The van der Waals surface area contributed by atoms with Gasteiger partial charge in [-0.15, -0.1) is 0 Å². The molecule has 1 atom stereocenters. The molecular formula is C19H24N6O. The molecule has 2 rings (SSSR count). The van der Waals surface area contributed by atoms with Gasteiger partial charge in [-0.3, -0.25) is 10.2 Å². The largest absolute Gasteiger partial charge is 0.378 e. The zero-order valence-electron chi connectivity index (χ0n) is 15.5. The average molecular weight is 352 g/mol. The van der Waals surface area contributed by atoms with Gasteiger partial charge in [-0.2, -0.15) is 5.26 Å². The molecule has 0 radical (unpaired) electrons. The van der Waals surface area contributed by atoms with Crippen molar-refractivity contribution in [3.05, 3.63) is 53.6 Å². The third-order valence-corrected chi connectivity index (χ3v) is 3.80. The van der Waals surface area contributed by atoms with Gasteiger partial charge in [0.2, 0.25) is 11.7 Å². The molecule has 1 amide bonds. The predicted molar refractivity (Wildman–Crippen MR) is 100 cm³/mol. The van der Waals surface area contributed by atoms with E-state index in [2.05, 4.69) is 34.7 Å². The number of carbonyl (C=O) groups is 1. The van der Waals surface area contributed by atoms with Crippen molar-refractivity contribution >= 4 is 11.6 Å². The highest BCUT2D eigenvalue weighted by Crippen LogP contribution is 2.25. The average Bonchev–Trinajstić information content (AvgIpc) is 2.62. The molecule has 0 bridgehead atoms. The first-order valence-corrected chi connectivity index (χ1v) is 8.45. The number of anilines is 1. The number of aromatic nitrogens is 2. The lowest BCUT2D eigenvalue weighted by molar-refractivity contribution is -0.122. The summed E-state index contributed by atoms with van der Waals surface area (Å²) in [5.41, 5.74) is 8.00. The smallest absolute Gasteiger partial charge is 0.247 e. The van der Waals surface area contributed by atoms with Crippen molar-refractivity contribution in [2.45, 2.75) is 19.8 Å². The fourth-order valence-corrected chi connectivity index (χ4v) is 2.42. The molecule has 0 saturated carbocycles. The number of hydrogen-bond donors (Lipinski definition) is 2. The van der Waals surface area contributed by atoms with Crippen LogP contribution in [0.15, 0.2) is 36.5 Å². The van der Waals surface area contributed by atoms with Crippen LogP contribution in [0.3, 0.4) is 0 Å². The number of amides is 1. The van der Waals surface area contributed by atoms with Crippen LogP contribution in [0.5, 0.6) is 0 Å². The molecule has 1 aromatic heterocycles. The van der Waals surface area contributed by atoms with Gasteiger partial charge in [0.25, 0.3) is 0 Å². The Labute approximate surface area is 154 Å². The first-order valence-electron chi connectivity index (χ1n) is 8.45. The minimum atomic E-state index is -0.638. The van der Waals surface area contributed by atoms with Crippen molar-refractivity contribution in [1.29, 1.82) is 5.26 Å². The molecule has 26 heavy (non-hydrogen) atoms. The van der Waals surface area contributed by atoms with Gasteiger partial charge < -0.3 is 4.90 Å². The number of rotatable bonds is 7. The summed E-state index contributed by atoms with van der Waals surface area (Å²) in [6.45, 7) is 4.77. The van der Waals surface area contributed by atoms with E-state index in [1.54, 1.807) is 6.07 Å². The molecule has 0 spiro atoms. The van der Waals surface area contributed by atoms with E-state index in [0.29, 0.717) is 18.2 Å². The van der Waals surface area contributed by atoms with Gasteiger partial charge in [0.15, 0.2) is 0 Å². The summed E-state index contributed by atoms with van der Waals surface area (Å²) in [6.07, 6.45) is 1.50. The first kappa shape index (κ1) is 19.3. The molecule has 1 unspecified atom stereocenters. The number of benzene rings is 1. The fraction of sp³-hybridized carbons (Fsp3) is 0.368. The van der Waals surface area contributed by atoms with Crippen molar-refractivity contribution in [1.82, 2.24) is 20.8 Å². The molecule has 7 heteroatoms. The van der Waals surface area contributed by atoms with Crippen LogP contribution < -0.4 is 15.8 Å². The van der Waals surface area contributed by atoms with Gasteiger partial charge in [-0.1, -0.05) is 26.0 Å². The van der Waals surface area contributed by atoms with Crippen LogP contribution in [-0.2, 0) is 4.79 Å². The molecule has 2 aromatic rings. The van der Waals surface area contributed by atoms with Crippen LogP contribution in [0.4, 0.5) is 5.69 Å². The number of hydrazine groups is 1. The Balaban J connectivity index is 2.34. The van der Waals surface area contributed by atoms with E-state index in [9.17, 15) is 4.79 Å². The van der Waals surface area contributed by atoms with E-state index in [1.807, 2.05) is 49.3 Å². The van der Waals surface area contributed by atoms with E-state index >= 15 is 0 Å². The molecule has 0 aliphatic rings. The van der Waals surface area contributed by atoms with Gasteiger partial charge in [-0.05, 0) is 29.7 Å². The Morgan fingerprint density at radius 2 is 1.92 bits per heavy atom. The van der Waals surface area contributed by atoms with Gasteiger partial charge in [0.05, 0.1) is 5.69 Å². The number of hydrogen-bond acceptors (Lipinski definition) is 6. The highest BCUT2D eigenvalue weighted by molar-refractivity contribution is 5.86. The van der Waals surface area contributed by atoms with Gasteiger partial charge in [0.1, 0.15) is 12.0 Å². The minimum Gasteiger partial charge on any atom is -0.378 e. The normalized spacial score (nSPS) is 11.7. The molecule has 1 heterocycles. The molecule has 0 aliphatic heterocycles. The first-order chi connectivity index (χ1) is 12.4. The lowest BCUT2D eigenvalue weighted by Crippen LogP contribution is -2.42. The SMILES string of the molecule is CC(C)CNNC(=O)C(c1ccc(N(C)C)cc1)c1ccnc(C#N)n1. The van der Waals surface area contributed by atoms with Crippen molar-refractivity contribution < 1.29 is 4.79 Å². The molecule has 1 aromatic carbocycles. The molecule has 0 fully saturated rings. The van der Waals surface area contributed by atoms with E-state index in [4.69, 9.17) is 5.26 Å². The van der Waals surface area contributed by atoms with Crippen molar-refractivity contribution in [2.75, 3.05) is 25.5 Å². The number of carbonyl (C=O) groups excluding carboxylic acids is 1. The third-order valence-electron chi connectivity index (χ3n) is 3.80. The van der Waals surface area contributed by atoms with E-state index in [0.717, 1.165) is 11.3 Å². The number of nitrogens with one attached hydrogen (secondary N) is 2. The summed E-state index contributed by atoms with van der Waals surface area (Å²) in [5.74, 6) is -0.426. The van der Waals surface area contributed by atoms with Crippen LogP contribution >= 0.6 is 0 Å². The quantitative estimate of drug-likeness (QED) is 0.738. The van der Waals surface area contributed by atoms with E-state index in [-0.39, 0.29) is 11.7 Å². The molecule has 2 N–H and O–H groups in total. The monoisotopic (exact) mass is 352 g/mol. The summed E-state index contributed by atoms with van der Waals surface area (Å²) in [4.78, 5) is 22.9. The maximum absolute atomic E-state index is 12.8. The number of nitriles is 1. The molecule has 0 aliphatic carbocycles. The maximum Gasteiger partial charge on any atom is 0.247 e. The summed E-state index contributed by atoms with van der Waals surface area (Å²) >= 11 is 0. The fourth-order valence-electron chi connectivity index (χ4n) is 2.42. The summed E-state index contributed by atoms with van der Waals surface area (Å²) in [7, 11) is 3.91. The molecule has 136 valence electrons. The van der Waals surface area contributed by atoms with Crippen LogP contribution in [-0.4, -0.2) is 36.5 Å². The van der Waals surface area contributed by atoms with Crippen LogP contribution in [0, 0.1) is 17.2 Å². The van der Waals surface area contributed by atoms with Crippen LogP contribution in [0.1, 0.15) is 36.8 Å². The Bertz CT molecular complexity index is 779. The van der Waals surface area contributed by atoms with E-state index < -0.39 is 5.92 Å². The van der Waals surface area contributed by atoms with Gasteiger partial charge in [0, 0.05) is 32.5 Å². The molecule has 7 nitrogen and oxygen atoms in total. The maximum atomic E-state index is 12.8. The lowest BCUT2D eigenvalue weighted by atomic mass is 9.94. The third kappa shape index (κ3) is 5.01. The minimum absolute atomic E-state index is 0.0420. The van der Waals surface area contributed by atoms with Crippen LogP contribution in [0.25, 0.3) is 0 Å². The summed E-state index contributed by atoms with van der Waals surface area (Å²) < 4.78 is 0. The standard InChI is InChI=1S/C19H24N6O/c1-13(2)12-22-24-19(26)18(16-9-10-21-17(11-20)23-16)14-5-7-15(8-6-14)25(3)4/h5-10,13,18,22H,12H2,1-4H3,(H,24,26). The highest BCUT2D eigenvalue weighted by atomic mass is 16.2. The van der Waals surface area contributed by atoms with Crippen molar-refractivity contribution in [3.8, 4) is 6.07 Å². The van der Waals surface area contributed by atoms with Gasteiger partial charge in [-0.25, -0.2) is 15.4 Å². The van der Waals surface area contributed by atoms with Gasteiger partial charge >= 0.3 is 0 Å². The topological polar surface area (TPSA) is 93.9 Å². The second-order valence-electron chi connectivity index (χ2n) is 6.60. The highest BCUT2D eigenvalue weighted by Gasteiger charge is 2.25. The lowest BCUT2D eigenvalue weighted by Gasteiger charge is -2.19.